The first-order valence-electron chi connectivity index (χ1n) is 5.06. The molecule has 1 aromatic carbocycles. The Morgan fingerprint density at radius 2 is 2.00 bits per heavy atom. The summed E-state index contributed by atoms with van der Waals surface area (Å²) in [4.78, 5) is 0. The summed E-state index contributed by atoms with van der Waals surface area (Å²) in [6.07, 6.45) is -3.82. The fourth-order valence-electron chi connectivity index (χ4n) is 1.95. The van der Waals surface area contributed by atoms with Gasteiger partial charge in [0.1, 0.15) is 5.82 Å². The van der Waals surface area contributed by atoms with E-state index < -0.39 is 17.6 Å². The summed E-state index contributed by atoms with van der Waals surface area (Å²) in [5, 5.41) is 3.07. The maximum absolute atomic E-state index is 13.0. The van der Waals surface area contributed by atoms with Crippen LogP contribution in [0.2, 0.25) is 0 Å². The smallest absolute Gasteiger partial charge is 0.316 e. The van der Waals surface area contributed by atoms with E-state index in [9.17, 15) is 17.6 Å². The van der Waals surface area contributed by atoms with Crippen molar-refractivity contribution in [2.75, 3.05) is 13.1 Å². The number of benzene rings is 1. The van der Waals surface area contributed by atoms with Crippen LogP contribution < -0.4 is 5.32 Å². The molecule has 1 nitrogen and oxygen atoms in total. The van der Waals surface area contributed by atoms with Crippen LogP contribution in [-0.2, 0) is 6.18 Å². The SMILES string of the molecule is Fc1ccc(C2CCNC2)cc1C(F)(F)F. The van der Waals surface area contributed by atoms with Gasteiger partial charge < -0.3 is 5.32 Å². The van der Waals surface area contributed by atoms with Crippen LogP contribution in [0.25, 0.3) is 0 Å². The van der Waals surface area contributed by atoms with Crippen molar-refractivity contribution in [3.8, 4) is 0 Å². The molecule has 0 bridgehead atoms. The van der Waals surface area contributed by atoms with E-state index in [2.05, 4.69) is 5.32 Å². The van der Waals surface area contributed by atoms with E-state index in [1.807, 2.05) is 0 Å². The van der Waals surface area contributed by atoms with Crippen LogP contribution in [0, 0.1) is 5.82 Å². The molecule has 1 N–H and O–H groups in total. The van der Waals surface area contributed by atoms with Crippen LogP contribution in [0.3, 0.4) is 0 Å². The lowest BCUT2D eigenvalue weighted by Gasteiger charge is -2.13. The van der Waals surface area contributed by atoms with E-state index in [1.165, 1.54) is 6.07 Å². The molecular weight excluding hydrogens is 222 g/mol. The summed E-state index contributed by atoms with van der Waals surface area (Å²) in [5.41, 5.74) is -0.615. The molecule has 0 spiro atoms. The van der Waals surface area contributed by atoms with Crippen molar-refractivity contribution in [2.45, 2.75) is 18.5 Å². The van der Waals surface area contributed by atoms with Crippen LogP contribution in [0.15, 0.2) is 18.2 Å². The van der Waals surface area contributed by atoms with Gasteiger partial charge in [-0.25, -0.2) is 4.39 Å². The van der Waals surface area contributed by atoms with Crippen LogP contribution >= 0.6 is 0 Å². The lowest BCUT2D eigenvalue weighted by Crippen LogP contribution is -2.11. The lowest BCUT2D eigenvalue weighted by molar-refractivity contribution is -0.140. The average Bonchev–Trinajstić information content (AvgIpc) is 2.69. The average molecular weight is 233 g/mol. The molecule has 1 aliphatic rings. The van der Waals surface area contributed by atoms with E-state index in [-0.39, 0.29) is 5.92 Å². The first kappa shape index (κ1) is 11.4. The quantitative estimate of drug-likeness (QED) is 0.735. The largest absolute Gasteiger partial charge is 0.419 e. The van der Waals surface area contributed by atoms with E-state index >= 15 is 0 Å². The second-order valence-electron chi connectivity index (χ2n) is 3.93. The van der Waals surface area contributed by atoms with Crippen molar-refractivity contribution in [1.82, 2.24) is 5.32 Å². The molecule has 0 aromatic heterocycles. The first-order chi connectivity index (χ1) is 7.48. The molecule has 1 unspecified atom stereocenters. The third kappa shape index (κ3) is 2.19. The van der Waals surface area contributed by atoms with Gasteiger partial charge in [-0.2, -0.15) is 13.2 Å². The van der Waals surface area contributed by atoms with Crippen molar-refractivity contribution >= 4 is 0 Å². The molecule has 16 heavy (non-hydrogen) atoms. The van der Waals surface area contributed by atoms with E-state index in [0.29, 0.717) is 12.1 Å². The molecule has 1 saturated heterocycles. The van der Waals surface area contributed by atoms with Crippen LogP contribution in [0.1, 0.15) is 23.5 Å². The van der Waals surface area contributed by atoms with Crippen molar-refractivity contribution < 1.29 is 17.6 Å². The Balaban J connectivity index is 2.35. The van der Waals surface area contributed by atoms with Gasteiger partial charge >= 0.3 is 6.18 Å². The van der Waals surface area contributed by atoms with Gasteiger partial charge in [0, 0.05) is 6.54 Å². The standard InChI is InChI=1S/C11H11F4N/c12-10-2-1-7(8-3-4-16-6-8)5-9(10)11(13,14)15/h1-2,5,8,16H,3-4,6H2. The molecule has 2 rings (SSSR count). The van der Waals surface area contributed by atoms with Gasteiger partial charge in [-0.1, -0.05) is 6.07 Å². The Kier molecular flexibility index (Phi) is 2.88. The number of alkyl halides is 3. The molecule has 1 aromatic rings. The molecule has 1 atom stereocenters. The Hall–Kier alpha value is -1.10. The van der Waals surface area contributed by atoms with Gasteiger partial charge in [0.25, 0.3) is 0 Å². The normalized spacial score (nSPS) is 21.4. The zero-order valence-corrected chi connectivity index (χ0v) is 8.44. The predicted molar refractivity (Wildman–Crippen MR) is 51.6 cm³/mol. The zero-order chi connectivity index (χ0) is 11.8. The van der Waals surface area contributed by atoms with Gasteiger partial charge in [-0.15, -0.1) is 0 Å². The molecule has 0 aliphatic carbocycles. The van der Waals surface area contributed by atoms with Crippen LogP contribution in [0.5, 0.6) is 0 Å². The molecule has 0 saturated carbocycles. The second kappa shape index (κ2) is 4.05. The van der Waals surface area contributed by atoms with Crippen molar-refractivity contribution in [3.05, 3.63) is 35.1 Å². The first-order valence-corrected chi connectivity index (χ1v) is 5.06. The van der Waals surface area contributed by atoms with Crippen molar-refractivity contribution in [1.29, 1.82) is 0 Å². The lowest BCUT2D eigenvalue weighted by atomic mass is 9.96. The fourth-order valence-corrected chi connectivity index (χ4v) is 1.95. The minimum absolute atomic E-state index is 0.0571. The molecule has 1 aliphatic heterocycles. The Morgan fingerprint density at radius 3 is 2.56 bits per heavy atom. The predicted octanol–water partition coefficient (Wildman–Crippen LogP) is 2.92. The molecule has 0 radical (unpaired) electrons. The third-order valence-electron chi connectivity index (χ3n) is 2.83. The molecule has 1 fully saturated rings. The van der Waals surface area contributed by atoms with Gasteiger partial charge in [-0.3, -0.25) is 0 Å². The summed E-state index contributed by atoms with van der Waals surface area (Å²) in [7, 11) is 0. The monoisotopic (exact) mass is 233 g/mol. The molecular formula is C11H11F4N. The minimum Gasteiger partial charge on any atom is -0.316 e. The number of halogens is 4. The summed E-state index contributed by atoms with van der Waals surface area (Å²) in [5.74, 6) is -1.15. The van der Waals surface area contributed by atoms with Crippen LogP contribution in [0.4, 0.5) is 17.6 Å². The number of nitrogens with one attached hydrogen (secondary N) is 1. The molecule has 1 heterocycles. The van der Waals surface area contributed by atoms with Crippen molar-refractivity contribution in [2.24, 2.45) is 0 Å². The number of hydrogen-bond acceptors (Lipinski definition) is 1. The number of hydrogen-bond donors (Lipinski definition) is 1. The second-order valence-corrected chi connectivity index (χ2v) is 3.93. The highest BCUT2D eigenvalue weighted by Gasteiger charge is 2.34. The van der Waals surface area contributed by atoms with Gasteiger partial charge in [0.2, 0.25) is 0 Å². The summed E-state index contributed by atoms with van der Waals surface area (Å²) in [6, 6.07) is 3.26. The highest BCUT2D eigenvalue weighted by atomic mass is 19.4. The van der Waals surface area contributed by atoms with E-state index in [1.54, 1.807) is 0 Å². The summed E-state index contributed by atoms with van der Waals surface area (Å²) in [6.45, 7) is 1.45. The highest BCUT2D eigenvalue weighted by Crippen LogP contribution is 2.34. The Labute approximate surface area is 90.5 Å². The number of rotatable bonds is 1. The summed E-state index contributed by atoms with van der Waals surface area (Å²) < 4.78 is 50.4. The van der Waals surface area contributed by atoms with Gasteiger partial charge in [0.15, 0.2) is 0 Å². The fraction of sp³-hybridized carbons (Fsp3) is 0.455. The maximum atomic E-state index is 13.0. The molecule has 0 amide bonds. The Morgan fingerprint density at radius 1 is 1.25 bits per heavy atom. The van der Waals surface area contributed by atoms with Gasteiger partial charge in [0.05, 0.1) is 5.56 Å². The van der Waals surface area contributed by atoms with Crippen molar-refractivity contribution in [3.63, 3.8) is 0 Å². The minimum atomic E-state index is -4.62. The van der Waals surface area contributed by atoms with Crippen LogP contribution in [-0.4, -0.2) is 13.1 Å². The molecule has 88 valence electrons. The third-order valence-corrected chi connectivity index (χ3v) is 2.83. The van der Waals surface area contributed by atoms with E-state index in [4.69, 9.17) is 0 Å². The van der Waals surface area contributed by atoms with Gasteiger partial charge in [-0.05, 0) is 36.6 Å². The molecule has 5 heteroatoms. The Bertz CT molecular complexity index is 380. The topological polar surface area (TPSA) is 12.0 Å². The highest BCUT2D eigenvalue weighted by molar-refractivity contribution is 5.30. The van der Waals surface area contributed by atoms with E-state index in [0.717, 1.165) is 25.1 Å². The summed E-state index contributed by atoms with van der Waals surface area (Å²) >= 11 is 0. The zero-order valence-electron chi connectivity index (χ0n) is 8.44. The maximum Gasteiger partial charge on any atom is 0.419 e.